The molecule has 1 aromatic carbocycles. The van der Waals surface area contributed by atoms with Crippen molar-refractivity contribution in [3.63, 3.8) is 0 Å². The van der Waals surface area contributed by atoms with E-state index in [-0.39, 0.29) is 29.9 Å². The van der Waals surface area contributed by atoms with Crippen LogP contribution in [0.5, 0.6) is 0 Å². The molecule has 0 atom stereocenters. The highest BCUT2D eigenvalue weighted by Gasteiger charge is 2.28. The minimum absolute atomic E-state index is 0.0838. The normalized spacial score (nSPS) is 13.1. The second kappa shape index (κ2) is 11.4. The second-order valence-electron chi connectivity index (χ2n) is 8.08. The molecule has 0 saturated carbocycles. The first-order valence-electron chi connectivity index (χ1n) is 11.4. The fourth-order valence-corrected chi connectivity index (χ4v) is 7.06. The molecule has 2 aromatic heterocycles. The van der Waals surface area contributed by atoms with Crippen molar-refractivity contribution in [3.05, 3.63) is 57.2 Å². The molecule has 3 aromatic rings. The van der Waals surface area contributed by atoms with E-state index in [9.17, 15) is 14.4 Å². The molecular weight excluding hydrogens is 502 g/mol. The number of hydrogen-bond donors (Lipinski definition) is 1. The van der Waals surface area contributed by atoms with E-state index in [4.69, 9.17) is 4.74 Å². The number of aromatic nitrogens is 1. The Hall–Kier alpha value is -2.69. The largest absolute Gasteiger partial charge is 0.462 e. The van der Waals surface area contributed by atoms with Crippen molar-refractivity contribution in [1.29, 1.82) is 0 Å². The number of carbonyl (C=O) groups excluding carboxylic acids is 3. The molecule has 1 aliphatic carbocycles. The van der Waals surface area contributed by atoms with Gasteiger partial charge in [0.2, 0.25) is 5.91 Å². The number of benzene rings is 1. The molecule has 35 heavy (non-hydrogen) atoms. The fraction of sp³-hybridized carbons (Fsp3) is 0.360. The quantitative estimate of drug-likeness (QED) is 0.320. The van der Waals surface area contributed by atoms with Crippen LogP contribution in [0.4, 0.5) is 5.00 Å². The summed E-state index contributed by atoms with van der Waals surface area (Å²) < 4.78 is 8.23. The first kappa shape index (κ1) is 25.4. The van der Waals surface area contributed by atoms with Crippen LogP contribution in [0.2, 0.25) is 0 Å². The summed E-state index contributed by atoms with van der Waals surface area (Å²) in [4.78, 5) is 43.6. The second-order valence-corrected chi connectivity index (χ2v) is 11.2. The van der Waals surface area contributed by atoms with Crippen molar-refractivity contribution >= 4 is 67.4 Å². The Morgan fingerprint density at radius 1 is 1.26 bits per heavy atom. The number of thiazole rings is 1. The fourth-order valence-electron chi connectivity index (χ4n) is 4.02. The van der Waals surface area contributed by atoms with Crippen LogP contribution in [-0.2, 0) is 33.7 Å². The zero-order valence-corrected chi connectivity index (χ0v) is 22.2. The maximum Gasteiger partial charge on any atom is 0.341 e. The van der Waals surface area contributed by atoms with Gasteiger partial charge in [0.1, 0.15) is 5.00 Å². The molecule has 10 heteroatoms. The number of rotatable bonds is 9. The molecule has 7 nitrogen and oxygen atoms in total. The van der Waals surface area contributed by atoms with Gasteiger partial charge >= 0.3 is 5.97 Å². The Morgan fingerprint density at radius 3 is 2.86 bits per heavy atom. The van der Waals surface area contributed by atoms with E-state index in [2.05, 4.69) is 23.0 Å². The molecular formula is C25H27N3O4S3. The lowest BCUT2D eigenvalue weighted by Crippen LogP contribution is -2.19. The number of aryl methyl sites for hydroxylation is 2. The lowest BCUT2D eigenvalue weighted by atomic mass is 10.1. The van der Waals surface area contributed by atoms with E-state index in [0.717, 1.165) is 45.5 Å². The lowest BCUT2D eigenvalue weighted by molar-refractivity contribution is -0.115. The number of thiophene rings is 1. The van der Waals surface area contributed by atoms with Crippen molar-refractivity contribution in [2.75, 3.05) is 23.4 Å². The van der Waals surface area contributed by atoms with Gasteiger partial charge in [0.15, 0.2) is 4.80 Å². The molecule has 0 radical (unpaired) electrons. The third-order valence-corrected chi connectivity index (χ3v) is 8.65. The highest BCUT2D eigenvalue weighted by Crippen LogP contribution is 2.39. The van der Waals surface area contributed by atoms with E-state index in [1.807, 2.05) is 23.6 Å². The third-order valence-electron chi connectivity index (χ3n) is 5.48. The van der Waals surface area contributed by atoms with E-state index < -0.39 is 5.97 Å². The van der Waals surface area contributed by atoms with Crippen molar-refractivity contribution in [2.45, 2.75) is 39.7 Å². The zero-order chi connectivity index (χ0) is 24.9. The van der Waals surface area contributed by atoms with Gasteiger partial charge in [-0.2, -0.15) is 4.99 Å². The molecule has 2 amide bonds. The minimum atomic E-state index is -0.393. The topological polar surface area (TPSA) is 89.8 Å². The van der Waals surface area contributed by atoms with Gasteiger partial charge < -0.3 is 14.6 Å². The summed E-state index contributed by atoms with van der Waals surface area (Å²) in [7, 11) is 0. The molecule has 0 bridgehead atoms. The van der Waals surface area contributed by atoms with Crippen LogP contribution in [0.25, 0.3) is 10.2 Å². The number of fused-ring (bicyclic) bond motifs is 2. The molecule has 0 fully saturated rings. The van der Waals surface area contributed by atoms with Gasteiger partial charge in [-0.1, -0.05) is 23.5 Å². The Balaban J connectivity index is 1.40. The minimum Gasteiger partial charge on any atom is -0.462 e. The van der Waals surface area contributed by atoms with E-state index in [1.54, 1.807) is 13.0 Å². The number of carbonyl (C=O) groups is 3. The summed E-state index contributed by atoms with van der Waals surface area (Å²) in [5.74, 6) is -0.779. The number of ether oxygens (including phenoxy) is 1. The Labute approximate surface area is 215 Å². The number of esters is 1. The monoisotopic (exact) mass is 529 g/mol. The molecule has 0 aliphatic heterocycles. The number of amides is 2. The number of nitrogens with zero attached hydrogens (tertiary/aromatic N) is 2. The lowest BCUT2D eigenvalue weighted by Gasteiger charge is -2.07. The van der Waals surface area contributed by atoms with Crippen LogP contribution in [0.3, 0.4) is 0 Å². The van der Waals surface area contributed by atoms with Crippen LogP contribution in [0, 0.1) is 6.92 Å². The predicted molar refractivity (Wildman–Crippen MR) is 144 cm³/mol. The summed E-state index contributed by atoms with van der Waals surface area (Å²) in [6, 6.07) is 6.13. The molecule has 0 spiro atoms. The highest BCUT2D eigenvalue weighted by molar-refractivity contribution is 8.00. The van der Waals surface area contributed by atoms with Crippen molar-refractivity contribution in [2.24, 2.45) is 4.99 Å². The molecule has 0 saturated heterocycles. The molecule has 0 unspecified atom stereocenters. The van der Waals surface area contributed by atoms with E-state index in [1.165, 1.54) is 34.4 Å². The average Bonchev–Trinajstić information content (AvgIpc) is 3.47. The molecule has 2 heterocycles. The van der Waals surface area contributed by atoms with Gasteiger partial charge in [-0.15, -0.1) is 29.7 Å². The number of nitrogens with one attached hydrogen (secondary N) is 1. The Morgan fingerprint density at radius 2 is 2.09 bits per heavy atom. The van der Waals surface area contributed by atoms with Crippen LogP contribution in [0.1, 0.15) is 39.7 Å². The number of thioether (sulfide) groups is 1. The third kappa shape index (κ3) is 5.76. The maximum absolute atomic E-state index is 12.6. The van der Waals surface area contributed by atoms with Crippen LogP contribution >= 0.6 is 34.4 Å². The Bertz CT molecular complexity index is 1370. The van der Waals surface area contributed by atoms with Gasteiger partial charge in [0.25, 0.3) is 5.91 Å². The van der Waals surface area contributed by atoms with Gasteiger partial charge in [-0.25, -0.2) is 4.79 Å². The average molecular weight is 530 g/mol. The first-order valence-corrected chi connectivity index (χ1v) is 14.2. The zero-order valence-electron chi connectivity index (χ0n) is 19.7. The summed E-state index contributed by atoms with van der Waals surface area (Å²) >= 11 is 4.11. The van der Waals surface area contributed by atoms with Crippen molar-refractivity contribution < 1.29 is 19.1 Å². The van der Waals surface area contributed by atoms with Crippen LogP contribution < -0.4 is 10.1 Å². The summed E-state index contributed by atoms with van der Waals surface area (Å²) in [5.41, 5.74) is 3.64. The van der Waals surface area contributed by atoms with Gasteiger partial charge in [-0.3, -0.25) is 9.59 Å². The summed E-state index contributed by atoms with van der Waals surface area (Å²) in [6.07, 6.45) is 4.52. The number of anilines is 1. The van der Waals surface area contributed by atoms with Crippen molar-refractivity contribution in [3.8, 4) is 0 Å². The van der Waals surface area contributed by atoms with Gasteiger partial charge in [-0.05, 0) is 56.4 Å². The van der Waals surface area contributed by atoms with Gasteiger partial charge in [0, 0.05) is 11.4 Å². The SMILES string of the molecule is C=CCn1c(=NC(=O)CSCC(=O)Nc2sc3c(c2C(=O)OCC)CCC3)sc2cc(C)ccc21. The molecule has 1 aliphatic rings. The summed E-state index contributed by atoms with van der Waals surface area (Å²) in [6.45, 7) is 8.44. The molecule has 184 valence electrons. The number of hydrogen-bond acceptors (Lipinski definition) is 7. The maximum atomic E-state index is 12.6. The van der Waals surface area contributed by atoms with Gasteiger partial charge in [0.05, 0.1) is 33.9 Å². The smallest absolute Gasteiger partial charge is 0.341 e. The standard InChI is InChI=1S/C25H27N3O4S3/c1-4-11-28-17-10-9-15(3)12-19(17)35-25(28)27-21(30)14-33-13-20(29)26-23-22(24(31)32-5-2)16-7-6-8-18(16)34-23/h4,9-10,12H,1,5-8,11,13-14H2,2-3H3,(H,26,29). The first-order chi connectivity index (χ1) is 16.9. The van der Waals surface area contributed by atoms with Crippen LogP contribution in [-0.4, -0.2) is 40.5 Å². The van der Waals surface area contributed by atoms with Crippen molar-refractivity contribution in [1.82, 2.24) is 4.57 Å². The Kier molecular flexibility index (Phi) is 8.25. The highest BCUT2D eigenvalue weighted by atomic mass is 32.2. The van der Waals surface area contributed by atoms with E-state index in [0.29, 0.717) is 21.9 Å². The number of allylic oxidation sites excluding steroid dienone is 1. The molecule has 4 rings (SSSR count). The van der Waals surface area contributed by atoms with E-state index >= 15 is 0 Å². The summed E-state index contributed by atoms with van der Waals surface area (Å²) in [5, 5.41) is 3.40. The molecule has 1 N–H and O–H groups in total. The van der Waals surface area contributed by atoms with Crippen LogP contribution in [0.15, 0.2) is 35.8 Å². The predicted octanol–water partition coefficient (Wildman–Crippen LogP) is 4.72.